The van der Waals surface area contributed by atoms with Gasteiger partial charge in [0.15, 0.2) is 0 Å². The van der Waals surface area contributed by atoms with Gasteiger partial charge in [0.25, 0.3) is 0 Å². The molecule has 0 saturated heterocycles. The van der Waals surface area contributed by atoms with Crippen molar-refractivity contribution in [3.63, 3.8) is 0 Å². The van der Waals surface area contributed by atoms with Crippen LogP contribution in [0.2, 0.25) is 3.12 Å². The Morgan fingerprint density at radius 2 is 1.11 bits per heavy atom. The molecule has 1 aliphatic rings. The maximum absolute atomic E-state index is 2.91. The Kier molecular flexibility index (Phi) is 5.16. The third-order valence-corrected chi connectivity index (χ3v) is 18.6. The molecule has 0 unspecified atom stereocenters. The Hall–Kier alpha value is 0.243. The first-order chi connectivity index (χ1) is 8.23. The molecule has 1 aliphatic carbocycles. The first-order valence-corrected chi connectivity index (χ1v) is 11.2. The van der Waals surface area contributed by atoms with Gasteiger partial charge in [0.05, 0.1) is 0 Å². The summed E-state index contributed by atoms with van der Waals surface area (Å²) in [7, 11) is 13.5. The van der Waals surface area contributed by atoms with Crippen LogP contribution in [-0.2, 0) is 21.1 Å². The zero-order valence-corrected chi connectivity index (χ0v) is 15.7. The summed E-state index contributed by atoms with van der Waals surface area (Å²) in [6.07, 6.45) is 9.33. The second-order valence-corrected chi connectivity index (χ2v) is 18.0. The van der Waals surface area contributed by atoms with E-state index in [2.05, 4.69) is 89.0 Å². The van der Waals surface area contributed by atoms with Crippen molar-refractivity contribution in [2.45, 2.75) is 17.0 Å². The molecule has 18 heavy (non-hydrogen) atoms. The predicted molar refractivity (Wildman–Crippen MR) is 76.9 cm³/mol. The number of nitrogens with zero attached hydrogens (tertiary/aromatic N) is 3. The third kappa shape index (κ3) is 2.11. The van der Waals surface area contributed by atoms with Crippen LogP contribution < -0.4 is 0 Å². The Morgan fingerprint density at radius 1 is 0.778 bits per heavy atom. The van der Waals surface area contributed by atoms with E-state index in [0.717, 1.165) is 0 Å². The van der Waals surface area contributed by atoms with E-state index in [1.807, 2.05) is 0 Å². The molecule has 0 radical (unpaired) electrons. The number of rotatable bonds is 5. The molecule has 0 aliphatic heterocycles. The minimum absolute atomic E-state index is 0.200. The summed E-state index contributed by atoms with van der Waals surface area (Å²) in [4.78, 5) is 0. The Bertz CT molecular complexity index is 309. The van der Waals surface area contributed by atoms with Gasteiger partial charge in [-0.2, -0.15) is 0 Å². The molecule has 0 aromatic rings. The van der Waals surface area contributed by atoms with Crippen molar-refractivity contribution in [1.29, 1.82) is 0 Å². The van der Waals surface area contributed by atoms with Crippen molar-refractivity contribution in [2.75, 3.05) is 42.3 Å². The van der Waals surface area contributed by atoms with Gasteiger partial charge in [-0.15, -0.1) is 0 Å². The number of allylic oxidation sites excluding steroid dienone is 4. The Morgan fingerprint density at radius 3 is 1.33 bits per heavy atom. The summed E-state index contributed by atoms with van der Waals surface area (Å²) >= 11 is -2.91. The molecular weight excluding hydrogens is 301 g/mol. The molecule has 3 nitrogen and oxygen atoms in total. The van der Waals surface area contributed by atoms with Crippen LogP contribution in [0.3, 0.4) is 0 Å². The minimum atomic E-state index is -2.91. The van der Waals surface area contributed by atoms with E-state index in [0.29, 0.717) is 5.92 Å². The van der Waals surface area contributed by atoms with Crippen molar-refractivity contribution in [3.8, 4) is 0 Å². The number of hydrogen-bond acceptors (Lipinski definition) is 3. The molecule has 0 heterocycles. The molecule has 4 heteroatoms. The molecule has 1 rings (SSSR count). The van der Waals surface area contributed by atoms with Crippen LogP contribution in [0.1, 0.15) is 13.8 Å². The average Bonchev–Trinajstić information content (AvgIpc) is 2.66. The van der Waals surface area contributed by atoms with Crippen molar-refractivity contribution in [1.82, 2.24) is 8.53 Å². The van der Waals surface area contributed by atoms with Gasteiger partial charge in [-0.05, 0) is 0 Å². The van der Waals surface area contributed by atoms with E-state index in [4.69, 9.17) is 0 Å². The van der Waals surface area contributed by atoms with Crippen LogP contribution in [0.4, 0.5) is 0 Å². The third-order valence-electron chi connectivity index (χ3n) is 4.26. The van der Waals surface area contributed by atoms with E-state index in [-0.39, 0.29) is 3.12 Å². The van der Waals surface area contributed by atoms with Gasteiger partial charge in [0.2, 0.25) is 0 Å². The summed E-state index contributed by atoms with van der Waals surface area (Å²) in [5.74, 6) is 0.607. The molecule has 0 aromatic heterocycles. The molecule has 0 saturated carbocycles. The second-order valence-electron chi connectivity index (χ2n) is 6.12. The van der Waals surface area contributed by atoms with Gasteiger partial charge >= 0.3 is 119 Å². The summed E-state index contributed by atoms with van der Waals surface area (Å²) in [5, 5.41) is 0. The quantitative estimate of drug-likeness (QED) is 0.767. The Labute approximate surface area is 119 Å². The van der Waals surface area contributed by atoms with Crippen molar-refractivity contribution < 1.29 is 21.1 Å². The monoisotopic (exact) mass is 329 g/mol. The maximum atomic E-state index is 2.52. The van der Waals surface area contributed by atoms with Crippen LogP contribution in [0.15, 0.2) is 24.3 Å². The SMILES string of the molecule is CC(C)[C]1([Zr]([N](C)C)([N](C)C)[N](C)C)C=CC=C1. The van der Waals surface area contributed by atoms with Crippen molar-refractivity contribution >= 4 is 0 Å². The van der Waals surface area contributed by atoms with Gasteiger partial charge in [-0.3, -0.25) is 0 Å². The first-order valence-electron chi connectivity index (χ1n) is 6.62. The molecule has 0 bridgehead atoms. The Balaban J connectivity index is 3.51. The molecule has 0 fully saturated rings. The van der Waals surface area contributed by atoms with Gasteiger partial charge in [-0.25, -0.2) is 0 Å². The van der Waals surface area contributed by atoms with Crippen LogP contribution in [-0.4, -0.2) is 50.8 Å². The van der Waals surface area contributed by atoms with E-state index >= 15 is 0 Å². The van der Waals surface area contributed by atoms with E-state index in [9.17, 15) is 0 Å². The fourth-order valence-corrected chi connectivity index (χ4v) is 18.9. The zero-order chi connectivity index (χ0) is 14.1. The van der Waals surface area contributed by atoms with E-state index < -0.39 is 21.1 Å². The molecule has 0 spiro atoms. The zero-order valence-electron chi connectivity index (χ0n) is 13.2. The van der Waals surface area contributed by atoms with Gasteiger partial charge in [0, 0.05) is 0 Å². The predicted octanol–water partition coefficient (Wildman–Crippen LogP) is 2.51. The standard InChI is InChI=1S/C8H11.3C2H6N.Zr/c1-7(2)8-5-3-4-6-8;3*1-3-2;/h3-7H,1-2H3;3*1-2H3;/q;3*-1;+3. The normalized spacial score (nSPS) is 18.9. The fourth-order valence-electron chi connectivity index (χ4n) is 3.84. The fraction of sp³-hybridized carbons (Fsp3) is 0.714. The molecule has 0 amide bonds. The summed E-state index contributed by atoms with van der Waals surface area (Å²) in [5.41, 5.74) is 0. The van der Waals surface area contributed by atoms with Gasteiger partial charge < -0.3 is 0 Å². The van der Waals surface area contributed by atoms with Gasteiger partial charge in [-0.1, -0.05) is 0 Å². The molecular formula is C14H29N3Zr. The van der Waals surface area contributed by atoms with E-state index in [1.165, 1.54) is 0 Å². The summed E-state index contributed by atoms with van der Waals surface area (Å²) < 4.78 is 7.77. The second kappa shape index (κ2) is 5.70. The van der Waals surface area contributed by atoms with Gasteiger partial charge in [0.1, 0.15) is 0 Å². The van der Waals surface area contributed by atoms with Crippen LogP contribution in [0.5, 0.6) is 0 Å². The summed E-state index contributed by atoms with van der Waals surface area (Å²) in [6.45, 7) is 4.70. The van der Waals surface area contributed by atoms with Crippen molar-refractivity contribution in [3.05, 3.63) is 24.3 Å². The average molecular weight is 331 g/mol. The van der Waals surface area contributed by atoms with Crippen LogP contribution in [0, 0.1) is 5.92 Å². The van der Waals surface area contributed by atoms with Crippen LogP contribution in [0.25, 0.3) is 0 Å². The summed E-state index contributed by atoms with van der Waals surface area (Å²) in [6, 6.07) is 0. The molecule has 0 aromatic carbocycles. The topological polar surface area (TPSA) is 9.72 Å². The van der Waals surface area contributed by atoms with E-state index in [1.54, 1.807) is 0 Å². The molecule has 0 atom stereocenters. The molecule has 104 valence electrons. The first kappa shape index (κ1) is 16.3. The van der Waals surface area contributed by atoms with Crippen LogP contribution >= 0.6 is 0 Å². The number of hydrogen-bond donors (Lipinski definition) is 0. The van der Waals surface area contributed by atoms with Crippen molar-refractivity contribution in [2.24, 2.45) is 5.92 Å². The molecule has 0 N–H and O–H groups in total.